The molecule has 4 nitrogen and oxygen atoms in total. The summed E-state index contributed by atoms with van der Waals surface area (Å²) in [6.07, 6.45) is 4.71. The van der Waals surface area contributed by atoms with E-state index >= 15 is 0 Å². The highest BCUT2D eigenvalue weighted by atomic mass is 35.5. The standard InChI is InChI=1S/C14H16N2O2.ClH/c17-14(18-10-11-4-2-1-3-5-11)16-9-7-12-13(16)6-8-15-12;/h1-6,8,12-13,15H,7,9-10H2;1H/t12-,13-;/m1./s1. The first-order valence-electron chi connectivity index (χ1n) is 6.24. The van der Waals surface area contributed by atoms with Crippen molar-refractivity contribution in [2.45, 2.75) is 25.1 Å². The highest BCUT2D eigenvalue weighted by Gasteiger charge is 2.38. The van der Waals surface area contributed by atoms with Gasteiger partial charge in [-0.2, -0.15) is 0 Å². The molecule has 1 fully saturated rings. The van der Waals surface area contributed by atoms with Gasteiger partial charge in [0, 0.05) is 6.54 Å². The van der Waals surface area contributed by atoms with Gasteiger partial charge in [-0.05, 0) is 24.3 Å². The topological polar surface area (TPSA) is 41.6 Å². The molecule has 5 heteroatoms. The number of halogens is 1. The number of ether oxygens (including phenoxy) is 1. The van der Waals surface area contributed by atoms with Crippen molar-refractivity contribution in [3.8, 4) is 0 Å². The van der Waals surface area contributed by atoms with Crippen LogP contribution in [0, 0.1) is 0 Å². The Labute approximate surface area is 118 Å². The van der Waals surface area contributed by atoms with Crippen LogP contribution in [-0.4, -0.2) is 29.6 Å². The molecular formula is C14H17ClN2O2. The summed E-state index contributed by atoms with van der Waals surface area (Å²) in [6, 6.07) is 10.3. The Morgan fingerprint density at radius 1 is 1.37 bits per heavy atom. The van der Waals surface area contributed by atoms with Crippen molar-refractivity contribution < 1.29 is 9.53 Å². The van der Waals surface area contributed by atoms with Crippen molar-refractivity contribution in [1.82, 2.24) is 10.2 Å². The van der Waals surface area contributed by atoms with E-state index in [0.29, 0.717) is 12.6 Å². The van der Waals surface area contributed by atoms with Gasteiger partial charge in [-0.15, -0.1) is 12.4 Å². The Balaban J connectivity index is 0.00000133. The van der Waals surface area contributed by atoms with Crippen LogP contribution in [0.5, 0.6) is 0 Å². The van der Waals surface area contributed by atoms with Crippen LogP contribution in [0.25, 0.3) is 0 Å². The molecule has 1 saturated heterocycles. The molecule has 19 heavy (non-hydrogen) atoms. The lowest BCUT2D eigenvalue weighted by atomic mass is 10.2. The summed E-state index contributed by atoms with van der Waals surface area (Å²) >= 11 is 0. The van der Waals surface area contributed by atoms with E-state index in [1.165, 1.54) is 0 Å². The fourth-order valence-corrected chi connectivity index (χ4v) is 2.53. The van der Waals surface area contributed by atoms with Gasteiger partial charge in [-0.1, -0.05) is 30.3 Å². The van der Waals surface area contributed by atoms with Gasteiger partial charge in [0.25, 0.3) is 0 Å². The lowest BCUT2D eigenvalue weighted by Crippen LogP contribution is -2.39. The number of hydrogen-bond donors (Lipinski definition) is 1. The van der Waals surface area contributed by atoms with Crippen LogP contribution < -0.4 is 5.32 Å². The summed E-state index contributed by atoms with van der Waals surface area (Å²) in [6.45, 7) is 1.10. The first kappa shape index (κ1) is 13.7. The van der Waals surface area contributed by atoms with Crippen LogP contribution in [0.15, 0.2) is 42.6 Å². The van der Waals surface area contributed by atoms with E-state index in [2.05, 4.69) is 5.32 Å². The largest absolute Gasteiger partial charge is 0.445 e. The zero-order valence-corrected chi connectivity index (χ0v) is 11.3. The predicted molar refractivity (Wildman–Crippen MR) is 75.0 cm³/mol. The molecule has 1 aromatic rings. The van der Waals surface area contributed by atoms with E-state index in [1.807, 2.05) is 42.6 Å². The molecular weight excluding hydrogens is 264 g/mol. The normalized spacial score (nSPS) is 23.5. The average molecular weight is 281 g/mol. The Kier molecular flexibility index (Phi) is 4.32. The second-order valence-electron chi connectivity index (χ2n) is 4.65. The molecule has 1 aromatic carbocycles. The van der Waals surface area contributed by atoms with E-state index in [-0.39, 0.29) is 24.5 Å². The highest BCUT2D eigenvalue weighted by Crippen LogP contribution is 2.23. The minimum Gasteiger partial charge on any atom is -0.445 e. The van der Waals surface area contributed by atoms with Crippen LogP contribution in [0.2, 0.25) is 0 Å². The van der Waals surface area contributed by atoms with Gasteiger partial charge in [-0.3, -0.25) is 4.90 Å². The molecule has 1 amide bonds. The van der Waals surface area contributed by atoms with Crippen LogP contribution in [0.4, 0.5) is 4.79 Å². The first-order valence-corrected chi connectivity index (χ1v) is 6.24. The maximum Gasteiger partial charge on any atom is 0.410 e. The minimum atomic E-state index is -0.222. The molecule has 102 valence electrons. The van der Waals surface area contributed by atoms with E-state index in [9.17, 15) is 4.79 Å². The maximum absolute atomic E-state index is 12.0. The fraction of sp³-hybridized carbons (Fsp3) is 0.357. The molecule has 0 bridgehead atoms. The number of carbonyl (C=O) groups is 1. The van der Waals surface area contributed by atoms with Crippen LogP contribution in [0.3, 0.4) is 0 Å². The molecule has 0 unspecified atom stereocenters. The van der Waals surface area contributed by atoms with Gasteiger partial charge >= 0.3 is 6.09 Å². The Hall–Kier alpha value is -1.68. The number of nitrogens with zero attached hydrogens (tertiary/aromatic N) is 1. The Morgan fingerprint density at radius 2 is 2.16 bits per heavy atom. The van der Waals surface area contributed by atoms with Gasteiger partial charge in [-0.25, -0.2) is 4.79 Å². The average Bonchev–Trinajstić information content (AvgIpc) is 2.99. The monoisotopic (exact) mass is 280 g/mol. The third-order valence-corrected chi connectivity index (χ3v) is 3.50. The van der Waals surface area contributed by atoms with E-state index < -0.39 is 0 Å². The number of hydrogen-bond acceptors (Lipinski definition) is 3. The van der Waals surface area contributed by atoms with E-state index in [0.717, 1.165) is 18.5 Å². The fourth-order valence-electron chi connectivity index (χ4n) is 2.53. The molecule has 1 N–H and O–H groups in total. The van der Waals surface area contributed by atoms with Crippen molar-refractivity contribution >= 4 is 18.5 Å². The number of benzene rings is 1. The lowest BCUT2D eigenvalue weighted by Gasteiger charge is -2.21. The third kappa shape index (κ3) is 2.84. The van der Waals surface area contributed by atoms with Gasteiger partial charge in [0.15, 0.2) is 0 Å². The molecule has 2 heterocycles. The van der Waals surface area contributed by atoms with Gasteiger partial charge in [0.05, 0.1) is 12.1 Å². The second-order valence-corrected chi connectivity index (χ2v) is 4.65. The predicted octanol–water partition coefficient (Wildman–Crippen LogP) is 2.30. The SMILES string of the molecule is Cl.O=C(OCc1ccccc1)N1CC[C@H]2NC=C[C@H]21. The van der Waals surface area contributed by atoms with Crippen LogP contribution >= 0.6 is 12.4 Å². The molecule has 2 aliphatic rings. The number of amides is 1. The Bertz CT molecular complexity index is 464. The quantitative estimate of drug-likeness (QED) is 0.904. The highest BCUT2D eigenvalue weighted by molar-refractivity contribution is 5.85. The molecule has 2 atom stereocenters. The summed E-state index contributed by atoms with van der Waals surface area (Å²) < 4.78 is 5.35. The zero-order valence-electron chi connectivity index (χ0n) is 10.5. The summed E-state index contributed by atoms with van der Waals surface area (Å²) in [5.74, 6) is 0. The molecule has 3 rings (SSSR count). The molecule has 2 aliphatic heterocycles. The summed E-state index contributed by atoms with van der Waals surface area (Å²) in [4.78, 5) is 13.8. The van der Waals surface area contributed by atoms with Crippen molar-refractivity contribution in [3.63, 3.8) is 0 Å². The van der Waals surface area contributed by atoms with Gasteiger partial charge in [0.1, 0.15) is 6.61 Å². The number of fused-ring (bicyclic) bond motifs is 1. The van der Waals surface area contributed by atoms with E-state index in [1.54, 1.807) is 4.90 Å². The van der Waals surface area contributed by atoms with Crippen LogP contribution in [-0.2, 0) is 11.3 Å². The second kappa shape index (κ2) is 5.97. The maximum atomic E-state index is 12.0. The third-order valence-electron chi connectivity index (χ3n) is 3.50. The first-order chi connectivity index (χ1) is 8.84. The zero-order chi connectivity index (χ0) is 12.4. The molecule has 0 spiro atoms. The smallest absolute Gasteiger partial charge is 0.410 e. The number of likely N-dealkylation sites (tertiary alicyclic amines) is 1. The van der Waals surface area contributed by atoms with Crippen molar-refractivity contribution in [1.29, 1.82) is 0 Å². The van der Waals surface area contributed by atoms with Crippen molar-refractivity contribution in [2.24, 2.45) is 0 Å². The van der Waals surface area contributed by atoms with E-state index in [4.69, 9.17) is 4.74 Å². The summed E-state index contributed by atoms with van der Waals surface area (Å²) in [5.41, 5.74) is 1.02. The number of rotatable bonds is 2. The minimum absolute atomic E-state index is 0. The summed E-state index contributed by atoms with van der Waals surface area (Å²) in [5, 5.41) is 3.25. The van der Waals surface area contributed by atoms with Crippen LogP contribution in [0.1, 0.15) is 12.0 Å². The number of nitrogens with one attached hydrogen (secondary N) is 1. The van der Waals surface area contributed by atoms with Crippen molar-refractivity contribution in [3.05, 3.63) is 48.2 Å². The van der Waals surface area contributed by atoms with Crippen molar-refractivity contribution in [2.75, 3.05) is 6.54 Å². The summed E-state index contributed by atoms with van der Waals surface area (Å²) in [7, 11) is 0. The number of carbonyl (C=O) groups excluding carboxylic acids is 1. The molecule has 0 aromatic heterocycles. The Morgan fingerprint density at radius 3 is 2.95 bits per heavy atom. The lowest BCUT2D eigenvalue weighted by molar-refractivity contribution is 0.0970. The van der Waals surface area contributed by atoms with Gasteiger partial charge in [0.2, 0.25) is 0 Å². The van der Waals surface area contributed by atoms with Gasteiger partial charge < -0.3 is 10.1 Å². The molecule has 0 radical (unpaired) electrons. The molecule has 0 saturated carbocycles. The molecule has 0 aliphatic carbocycles.